The van der Waals surface area contributed by atoms with Gasteiger partial charge in [-0.05, 0) is 41.8 Å². The molecule has 0 unspecified atom stereocenters. The summed E-state index contributed by atoms with van der Waals surface area (Å²) in [6.07, 6.45) is 0. The number of hydrogen-bond acceptors (Lipinski definition) is 0. The standard InChI is InChI=1S/C26H16/c1-3-9-21(10-4-1)17-19-24-15-7-13-23-14-8-16-25(26(23)24)20-18-22-11-5-2-6-12-22/h1-16H. The molecule has 0 atom stereocenters. The lowest BCUT2D eigenvalue weighted by Gasteiger charge is -2.03. The molecule has 0 saturated carbocycles. The molecule has 0 heterocycles. The van der Waals surface area contributed by atoms with Gasteiger partial charge in [0.1, 0.15) is 0 Å². The molecule has 120 valence electrons. The summed E-state index contributed by atoms with van der Waals surface area (Å²) < 4.78 is 0. The quantitative estimate of drug-likeness (QED) is 0.366. The summed E-state index contributed by atoms with van der Waals surface area (Å²) in [5.41, 5.74) is 4.03. The second-order valence-corrected chi connectivity index (χ2v) is 5.94. The lowest BCUT2D eigenvalue weighted by molar-refractivity contribution is 1.63. The normalized spacial score (nSPS) is 9.69. The molecule has 0 bridgehead atoms. The maximum Gasteiger partial charge on any atom is 0.0340 e. The predicted molar refractivity (Wildman–Crippen MR) is 109 cm³/mol. The van der Waals surface area contributed by atoms with E-state index in [-0.39, 0.29) is 0 Å². The molecule has 4 rings (SSSR count). The smallest absolute Gasteiger partial charge is 0.0340 e. The average molecular weight is 328 g/mol. The zero-order valence-electron chi connectivity index (χ0n) is 14.2. The molecule has 0 aliphatic carbocycles. The van der Waals surface area contributed by atoms with Crippen molar-refractivity contribution in [3.63, 3.8) is 0 Å². The van der Waals surface area contributed by atoms with E-state index in [0.29, 0.717) is 0 Å². The third kappa shape index (κ3) is 3.51. The third-order valence-electron chi connectivity index (χ3n) is 4.14. The van der Waals surface area contributed by atoms with Crippen LogP contribution in [0.15, 0.2) is 97.1 Å². The average Bonchev–Trinajstić information content (AvgIpc) is 2.72. The van der Waals surface area contributed by atoms with Crippen LogP contribution in [-0.2, 0) is 0 Å². The Hall–Kier alpha value is -3.74. The van der Waals surface area contributed by atoms with Crippen molar-refractivity contribution in [3.05, 3.63) is 119 Å². The first-order valence-corrected chi connectivity index (χ1v) is 8.56. The molecule has 4 aromatic rings. The molecule has 0 aliphatic heterocycles. The molecule has 0 fully saturated rings. The monoisotopic (exact) mass is 328 g/mol. The van der Waals surface area contributed by atoms with E-state index >= 15 is 0 Å². The molecule has 0 nitrogen and oxygen atoms in total. The Morgan fingerprint density at radius 3 is 1.31 bits per heavy atom. The second kappa shape index (κ2) is 7.43. The SMILES string of the molecule is C(#Cc1cccc2cccc(C#Cc3ccccc3)c12)c1ccccc1. The van der Waals surface area contributed by atoms with Gasteiger partial charge in [-0.3, -0.25) is 0 Å². The van der Waals surface area contributed by atoms with Crippen LogP contribution in [0.25, 0.3) is 10.8 Å². The highest BCUT2D eigenvalue weighted by Gasteiger charge is 2.03. The van der Waals surface area contributed by atoms with Gasteiger partial charge in [-0.1, -0.05) is 84.3 Å². The van der Waals surface area contributed by atoms with Crippen molar-refractivity contribution in [2.24, 2.45) is 0 Å². The first-order chi connectivity index (χ1) is 12.9. The van der Waals surface area contributed by atoms with E-state index in [4.69, 9.17) is 0 Å². The molecule has 26 heavy (non-hydrogen) atoms. The molecule has 0 aromatic heterocycles. The minimum absolute atomic E-state index is 1.00. The lowest BCUT2D eigenvalue weighted by atomic mass is 9.99. The van der Waals surface area contributed by atoms with E-state index in [0.717, 1.165) is 33.0 Å². The van der Waals surface area contributed by atoms with E-state index in [1.807, 2.05) is 72.8 Å². The van der Waals surface area contributed by atoms with E-state index in [9.17, 15) is 0 Å². The first kappa shape index (κ1) is 15.8. The highest BCUT2D eigenvalue weighted by molar-refractivity contribution is 5.93. The van der Waals surface area contributed by atoms with Crippen LogP contribution in [0.3, 0.4) is 0 Å². The fraction of sp³-hybridized carbons (Fsp3) is 0. The number of benzene rings is 4. The summed E-state index contributed by atoms with van der Waals surface area (Å²) in [5.74, 6) is 13.2. The van der Waals surface area contributed by atoms with Gasteiger partial charge >= 0.3 is 0 Å². The van der Waals surface area contributed by atoms with Crippen molar-refractivity contribution in [1.29, 1.82) is 0 Å². The van der Waals surface area contributed by atoms with Gasteiger partial charge in [0.2, 0.25) is 0 Å². The Balaban J connectivity index is 1.83. The van der Waals surface area contributed by atoms with Gasteiger partial charge in [-0.15, -0.1) is 0 Å². The van der Waals surface area contributed by atoms with Crippen molar-refractivity contribution in [2.45, 2.75) is 0 Å². The minimum atomic E-state index is 1.00. The van der Waals surface area contributed by atoms with Crippen molar-refractivity contribution < 1.29 is 0 Å². The summed E-state index contributed by atoms with van der Waals surface area (Å²) in [6, 6.07) is 32.5. The maximum atomic E-state index is 3.32. The lowest BCUT2D eigenvalue weighted by Crippen LogP contribution is -1.86. The van der Waals surface area contributed by atoms with Crippen LogP contribution in [0.2, 0.25) is 0 Å². The van der Waals surface area contributed by atoms with E-state index in [1.165, 1.54) is 0 Å². The highest BCUT2D eigenvalue weighted by Crippen LogP contribution is 2.22. The summed E-state index contributed by atoms with van der Waals surface area (Å²) >= 11 is 0. The number of hydrogen-bond donors (Lipinski definition) is 0. The van der Waals surface area contributed by atoms with Crippen LogP contribution in [0, 0.1) is 23.7 Å². The Morgan fingerprint density at radius 2 is 0.846 bits per heavy atom. The molecule has 4 aromatic carbocycles. The summed E-state index contributed by atoms with van der Waals surface area (Å²) in [6.45, 7) is 0. The van der Waals surface area contributed by atoms with Crippen LogP contribution in [-0.4, -0.2) is 0 Å². The van der Waals surface area contributed by atoms with Gasteiger partial charge < -0.3 is 0 Å². The third-order valence-corrected chi connectivity index (χ3v) is 4.14. The van der Waals surface area contributed by atoms with Gasteiger partial charge in [0.05, 0.1) is 0 Å². The molecule has 0 amide bonds. The Kier molecular flexibility index (Phi) is 4.51. The Bertz CT molecular complexity index is 1070. The maximum absolute atomic E-state index is 3.32. The van der Waals surface area contributed by atoms with Crippen molar-refractivity contribution in [2.75, 3.05) is 0 Å². The van der Waals surface area contributed by atoms with E-state index < -0.39 is 0 Å². The van der Waals surface area contributed by atoms with Crippen molar-refractivity contribution in [3.8, 4) is 23.7 Å². The van der Waals surface area contributed by atoms with Gasteiger partial charge in [-0.25, -0.2) is 0 Å². The van der Waals surface area contributed by atoms with E-state index in [2.05, 4.69) is 47.9 Å². The summed E-state index contributed by atoms with van der Waals surface area (Å²) in [7, 11) is 0. The summed E-state index contributed by atoms with van der Waals surface area (Å²) in [5, 5.41) is 2.27. The fourth-order valence-electron chi connectivity index (χ4n) is 2.87. The Morgan fingerprint density at radius 1 is 0.385 bits per heavy atom. The molecular weight excluding hydrogens is 312 g/mol. The largest absolute Gasteiger partial charge is 0.0622 e. The highest BCUT2D eigenvalue weighted by atomic mass is 14.0. The van der Waals surface area contributed by atoms with E-state index in [1.54, 1.807) is 0 Å². The Labute approximate surface area is 154 Å². The zero-order valence-corrected chi connectivity index (χ0v) is 14.2. The summed E-state index contributed by atoms with van der Waals surface area (Å²) in [4.78, 5) is 0. The fourth-order valence-corrected chi connectivity index (χ4v) is 2.87. The molecule has 0 radical (unpaired) electrons. The van der Waals surface area contributed by atoms with Crippen LogP contribution in [0.4, 0.5) is 0 Å². The van der Waals surface area contributed by atoms with Crippen LogP contribution in [0.1, 0.15) is 22.3 Å². The second-order valence-electron chi connectivity index (χ2n) is 5.94. The number of rotatable bonds is 0. The van der Waals surface area contributed by atoms with Gasteiger partial charge in [0.25, 0.3) is 0 Å². The van der Waals surface area contributed by atoms with Gasteiger partial charge in [0.15, 0.2) is 0 Å². The van der Waals surface area contributed by atoms with Gasteiger partial charge in [-0.2, -0.15) is 0 Å². The molecule has 0 N–H and O–H groups in total. The van der Waals surface area contributed by atoms with Crippen LogP contribution >= 0.6 is 0 Å². The van der Waals surface area contributed by atoms with Crippen LogP contribution < -0.4 is 0 Å². The first-order valence-electron chi connectivity index (χ1n) is 8.56. The van der Waals surface area contributed by atoms with Gasteiger partial charge in [0, 0.05) is 27.6 Å². The predicted octanol–water partition coefficient (Wildman–Crippen LogP) is 5.64. The number of fused-ring (bicyclic) bond motifs is 1. The minimum Gasteiger partial charge on any atom is -0.0622 e. The molecule has 0 saturated heterocycles. The topological polar surface area (TPSA) is 0 Å². The molecule has 0 spiro atoms. The molecular formula is C26H16. The molecule has 0 aliphatic rings. The molecule has 0 heteroatoms. The van der Waals surface area contributed by atoms with Crippen molar-refractivity contribution in [1.82, 2.24) is 0 Å². The zero-order chi connectivity index (χ0) is 17.6. The van der Waals surface area contributed by atoms with Crippen molar-refractivity contribution >= 4 is 10.8 Å². The van der Waals surface area contributed by atoms with Crippen LogP contribution in [0.5, 0.6) is 0 Å².